The van der Waals surface area contributed by atoms with Crippen molar-refractivity contribution in [3.63, 3.8) is 0 Å². The van der Waals surface area contributed by atoms with Gasteiger partial charge < -0.3 is 9.63 Å². The third-order valence-electron chi connectivity index (χ3n) is 2.36. The second kappa shape index (κ2) is 4.78. The van der Waals surface area contributed by atoms with E-state index in [4.69, 9.17) is 9.63 Å². The molecule has 0 unspecified atom stereocenters. The molecule has 1 aromatic heterocycles. The topological polar surface area (TPSA) is 63.3 Å². The predicted molar refractivity (Wildman–Crippen MR) is 57.9 cm³/mol. The zero-order valence-electron chi connectivity index (χ0n) is 8.89. The van der Waals surface area contributed by atoms with Crippen molar-refractivity contribution in [2.45, 2.75) is 12.8 Å². The van der Waals surface area contributed by atoms with Crippen LogP contribution in [-0.2, 0) is 11.2 Å². The molecule has 17 heavy (non-hydrogen) atoms. The van der Waals surface area contributed by atoms with Crippen LogP contribution in [0.25, 0.3) is 11.3 Å². The molecule has 0 radical (unpaired) electrons. The van der Waals surface area contributed by atoms with Crippen LogP contribution in [0.15, 0.2) is 35.0 Å². The van der Waals surface area contributed by atoms with Crippen LogP contribution >= 0.6 is 0 Å². The number of carboxylic acid groups (broad SMARTS) is 1. The fourth-order valence-electron chi connectivity index (χ4n) is 1.52. The van der Waals surface area contributed by atoms with Gasteiger partial charge in [-0.05, 0) is 30.7 Å². The second-order valence-corrected chi connectivity index (χ2v) is 3.58. The normalized spacial score (nSPS) is 10.4. The first-order chi connectivity index (χ1) is 8.16. The van der Waals surface area contributed by atoms with Gasteiger partial charge in [0.15, 0.2) is 5.76 Å². The van der Waals surface area contributed by atoms with Crippen LogP contribution < -0.4 is 0 Å². The molecule has 4 nitrogen and oxygen atoms in total. The van der Waals surface area contributed by atoms with Gasteiger partial charge in [0.05, 0.1) is 6.20 Å². The van der Waals surface area contributed by atoms with Gasteiger partial charge in [0.2, 0.25) is 0 Å². The van der Waals surface area contributed by atoms with Crippen LogP contribution in [0.2, 0.25) is 0 Å². The van der Waals surface area contributed by atoms with Gasteiger partial charge in [-0.1, -0.05) is 5.16 Å². The number of aryl methyl sites for hydroxylation is 1. The number of hydrogen-bond acceptors (Lipinski definition) is 3. The van der Waals surface area contributed by atoms with E-state index in [0.717, 1.165) is 0 Å². The van der Waals surface area contributed by atoms with Crippen LogP contribution in [0.3, 0.4) is 0 Å². The molecule has 1 aromatic carbocycles. The van der Waals surface area contributed by atoms with Gasteiger partial charge in [0.25, 0.3) is 0 Å². The summed E-state index contributed by atoms with van der Waals surface area (Å²) in [5.74, 6) is -0.720. The van der Waals surface area contributed by atoms with Gasteiger partial charge in [-0.3, -0.25) is 4.79 Å². The Bertz CT molecular complexity index is 519. The Balaban J connectivity index is 2.24. The molecule has 0 aliphatic rings. The predicted octanol–water partition coefficient (Wildman–Crippen LogP) is 2.50. The summed E-state index contributed by atoms with van der Waals surface area (Å²) in [6, 6.07) is 5.78. The minimum absolute atomic E-state index is 0.00933. The number of aromatic nitrogens is 1. The molecule has 0 saturated heterocycles. The molecule has 0 aliphatic carbocycles. The number of rotatable bonds is 4. The van der Waals surface area contributed by atoms with Crippen LogP contribution in [0, 0.1) is 5.82 Å². The van der Waals surface area contributed by atoms with Crippen molar-refractivity contribution in [2.75, 3.05) is 0 Å². The maximum atomic E-state index is 12.8. The Morgan fingerprint density at radius 3 is 2.71 bits per heavy atom. The summed E-state index contributed by atoms with van der Waals surface area (Å²) in [6.07, 6.45) is 1.84. The summed E-state index contributed by atoms with van der Waals surface area (Å²) in [7, 11) is 0. The van der Waals surface area contributed by atoms with Crippen molar-refractivity contribution in [1.82, 2.24) is 5.16 Å². The molecule has 0 atom stereocenters. The van der Waals surface area contributed by atoms with Gasteiger partial charge in [-0.15, -0.1) is 0 Å². The molecule has 88 valence electrons. The highest BCUT2D eigenvalue weighted by Gasteiger charge is 2.11. The van der Waals surface area contributed by atoms with Gasteiger partial charge >= 0.3 is 5.97 Å². The van der Waals surface area contributed by atoms with Crippen molar-refractivity contribution in [3.8, 4) is 11.3 Å². The first kappa shape index (κ1) is 11.3. The molecule has 0 fully saturated rings. The second-order valence-electron chi connectivity index (χ2n) is 3.58. The number of carboxylic acids is 1. The van der Waals surface area contributed by atoms with Gasteiger partial charge in [0, 0.05) is 17.5 Å². The van der Waals surface area contributed by atoms with E-state index in [1.54, 1.807) is 12.1 Å². The van der Waals surface area contributed by atoms with E-state index < -0.39 is 5.97 Å². The third kappa shape index (κ3) is 2.69. The fourth-order valence-corrected chi connectivity index (χ4v) is 1.52. The summed E-state index contributed by atoms with van der Waals surface area (Å²) in [6.45, 7) is 0. The zero-order chi connectivity index (χ0) is 12.3. The van der Waals surface area contributed by atoms with Crippen LogP contribution in [-0.4, -0.2) is 16.2 Å². The lowest BCUT2D eigenvalue weighted by Crippen LogP contribution is -1.97. The number of benzene rings is 1. The molecular formula is C12H10FNO3. The summed E-state index contributed by atoms with van der Waals surface area (Å²) in [5, 5.41) is 12.2. The maximum absolute atomic E-state index is 12.8. The monoisotopic (exact) mass is 235 g/mol. The van der Waals surface area contributed by atoms with Crippen LogP contribution in [0.1, 0.15) is 12.0 Å². The highest BCUT2D eigenvalue weighted by Crippen LogP contribution is 2.24. The molecule has 0 saturated carbocycles. The fraction of sp³-hybridized carbons (Fsp3) is 0.167. The molecule has 2 aromatic rings. The highest BCUT2D eigenvalue weighted by atomic mass is 19.1. The molecule has 1 N–H and O–H groups in total. The lowest BCUT2D eigenvalue weighted by Gasteiger charge is -1.99. The van der Waals surface area contributed by atoms with E-state index in [1.165, 1.54) is 18.3 Å². The number of halogens is 1. The molecule has 1 heterocycles. The Morgan fingerprint density at radius 1 is 1.35 bits per heavy atom. The molecule has 0 spiro atoms. The van der Waals surface area contributed by atoms with Gasteiger partial charge in [0.1, 0.15) is 5.82 Å². The van der Waals surface area contributed by atoms with E-state index in [0.29, 0.717) is 23.3 Å². The van der Waals surface area contributed by atoms with Gasteiger partial charge in [-0.2, -0.15) is 0 Å². The van der Waals surface area contributed by atoms with Crippen molar-refractivity contribution >= 4 is 5.97 Å². The highest BCUT2D eigenvalue weighted by molar-refractivity contribution is 5.68. The molecule has 0 bridgehead atoms. The summed E-state index contributed by atoms with van der Waals surface area (Å²) >= 11 is 0. The maximum Gasteiger partial charge on any atom is 0.303 e. The van der Waals surface area contributed by atoms with E-state index in [-0.39, 0.29) is 12.2 Å². The largest absolute Gasteiger partial charge is 0.481 e. The number of nitrogens with zero attached hydrogens (tertiary/aromatic N) is 1. The molecule has 5 heteroatoms. The lowest BCUT2D eigenvalue weighted by atomic mass is 10.1. The van der Waals surface area contributed by atoms with Crippen LogP contribution in [0.4, 0.5) is 4.39 Å². The van der Waals surface area contributed by atoms with E-state index in [1.807, 2.05) is 0 Å². The minimum Gasteiger partial charge on any atom is -0.481 e. The quantitative estimate of drug-likeness (QED) is 0.884. The number of carbonyl (C=O) groups is 1. The van der Waals surface area contributed by atoms with Crippen molar-refractivity contribution in [3.05, 3.63) is 41.8 Å². The Kier molecular flexibility index (Phi) is 3.18. The average molecular weight is 235 g/mol. The Labute approximate surface area is 96.7 Å². The average Bonchev–Trinajstić information content (AvgIpc) is 2.75. The van der Waals surface area contributed by atoms with E-state index in [2.05, 4.69) is 5.16 Å². The first-order valence-electron chi connectivity index (χ1n) is 5.08. The SMILES string of the molecule is O=C(O)CCc1cnoc1-c1ccc(F)cc1. The van der Waals surface area contributed by atoms with E-state index >= 15 is 0 Å². The van der Waals surface area contributed by atoms with Crippen molar-refractivity contribution in [2.24, 2.45) is 0 Å². The van der Waals surface area contributed by atoms with Crippen molar-refractivity contribution < 1.29 is 18.8 Å². The summed E-state index contributed by atoms with van der Waals surface area (Å²) < 4.78 is 17.8. The summed E-state index contributed by atoms with van der Waals surface area (Å²) in [4.78, 5) is 10.5. The zero-order valence-corrected chi connectivity index (χ0v) is 8.89. The lowest BCUT2D eigenvalue weighted by molar-refractivity contribution is -0.136. The smallest absolute Gasteiger partial charge is 0.303 e. The molecule has 0 aliphatic heterocycles. The molecule has 2 rings (SSSR count). The van der Waals surface area contributed by atoms with Gasteiger partial charge in [-0.25, -0.2) is 4.39 Å². The molecular weight excluding hydrogens is 225 g/mol. The van der Waals surface area contributed by atoms with E-state index in [9.17, 15) is 9.18 Å². The minimum atomic E-state index is -0.878. The summed E-state index contributed by atoms with van der Waals surface area (Å²) in [5.41, 5.74) is 1.39. The van der Waals surface area contributed by atoms with Crippen molar-refractivity contribution in [1.29, 1.82) is 0 Å². The van der Waals surface area contributed by atoms with Crippen LogP contribution in [0.5, 0.6) is 0 Å². The number of aliphatic carboxylic acids is 1. The Hall–Kier alpha value is -2.17. The first-order valence-corrected chi connectivity index (χ1v) is 5.08. The molecule has 0 amide bonds. The third-order valence-corrected chi connectivity index (χ3v) is 2.36. The number of hydrogen-bond donors (Lipinski definition) is 1. The standard InChI is InChI=1S/C12H10FNO3/c13-10-4-1-8(2-5-10)12-9(7-14-17-12)3-6-11(15)16/h1-2,4-5,7H,3,6H2,(H,15,16). The Morgan fingerprint density at radius 2 is 2.06 bits per heavy atom.